The highest BCUT2D eigenvalue weighted by atomic mass is 35.5. The molecule has 11 heteroatoms. The Labute approximate surface area is 240 Å². The number of hydrogen-bond acceptors (Lipinski definition) is 7. The minimum atomic E-state index is -3.90. The largest absolute Gasteiger partial charge is 0.495 e. The molecule has 1 N–H and O–H groups in total. The molecule has 0 saturated carbocycles. The number of carbonyl (C=O) groups is 1. The molecule has 214 valence electrons. The van der Waals surface area contributed by atoms with Crippen molar-refractivity contribution >= 4 is 45.4 Å². The second-order valence-corrected chi connectivity index (χ2v) is 12.2. The number of hydrogen-bond donors (Lipinski definition) is 1. The van der Waals surface area contributed by atoms with Crippen LogP contribution in [0.15, 0.2) is 33.7 Å². The van der Waals surface area contributed by atoms with Crippen molar-refractivity contribution in [1.82, 2.24) is 9.46 Å². The summed E-state index contributed by atoms with van der Waals surface area (Å²) in [6, 6.07) is 7.33. The molecule has 0 bridgehead atoms. The number of sulfonamides is 1. The Morgan fingerprint density at radius 3 is 2.25 bits per heavy atom. The van der Waals surface area contributed by atoms with Crippen LogP contribution >= 0.6 is 11.6 Å². The third kappa shape index (κ3) is 6.04. The first kappa shape index (κ1) is 29.6. The van der Waals surface area contributed by atoms with E-state index in [1.807, 2.05) is 26.8 Å². The quantitative estimate of drug-likeness (QED) is 0.355. The summed E-state index contributed by atoms with van der Waals surface area (Å²) in [5.74, 6) is 0.407. The molecule has 4 rings (SSSR count). The lowest BCUT2D eigenvalue weighted by molar-refractivity contribution is -0.120. The van der Waals surface area contributed by atoms with E-state index in [1.165, 1.54) is 18.5 Å². The van der Waals surface area contributed by atoms with Gasteiger partial charge in [-0.05, 0) is 69.4 Å². The number of amides is 1. The molecule has 0 atom stereocenters. The molecule has 0 aliphatic carbocycles. The maximum absolute atomic E-state index is 13.7. The molecule has 40 heavy (non-hydrogen) atoms. The summed E-state index contributed by atoms with van der Waals surface area (Å²) in [4.78, 5) is 13.1. The molecule has 0 radical (unpaired) electrons. The first-order valence-electron chi connectivity index (χ1n) is 12.9. The molecule has 1 aromatic heterocycles. The summed E-state index contributed by atoms with van der Waals surface area (Å²) in [6.45, 7) is 8.06. The minimum absolute atomic E-state index is 0.0479. The van der Waals surface area contributed by atoms with Gasteiger partial charge in [-0.1, -0.05) is 40.5 Å². The van der Waals surface area contributed by atoms with Gasteiger partial charge in [-0.15, -0.1) is 0 Å². The molecule has 2 heterocycles. The van der Waals surface area contributed by atoms with Crippen LogP contribution in [0.3, 0.4) is 0 Å². The molecular weight excluding hydrogens is 554 g/mol. The molecule has 1 amide bonds. The second-order valence-electron chi connectivity index (χ2n) is 9.96. The van der Waals surface area contributed by atoms with E-state index in [-0.39, 0.29) is 35.6 Å². The highest BCUT2D eigenvalue weighted by Crippen LogP contribution is 2.37. The number of carbonyl (C=O) groups excluding carboxylic acids is 1. The summed E-state index contributed by atoms with van der Waals surface area (Å²) in [5.41, 5.74) is 5.05. The van der Waals surface area contributed by atoms with Crippen LogP contribution in [0.5, 0.6) is 11.5 Å². The van der Waals surface area contributed by atoms with Crippen LogP contribution < -0.4 is 14.8 Å². The first-order valence-corrected chi connectivity index (χ1v) is 14.7. The van der Waals surface area contributed by atoms with Crippen molar-refractivity contribution < 1.29 is 27.2 Å². The summed E-state index contributed by atoms with van der Waals surface area (Å²) < 4.78 is 44.7. The Bertz CT molecular complexity index is 1530. The van der Waals surface area contributed by atoms with Gasteiger partial charge in [-0.3, -0.25) is 4.79 Å². The number of benzene rings is 2. The lowest BCUT2D eigenvalue weighted by Crippen LogP contribution is -2.41. The van der Waals surface area contributed by atoms with Crippen molar-refractivity contribution in [2.45, 2.75) is 45.4 Å². The van der Waals surface area contributed by atoms with E-state index < -0.39 is 10.0 Å². The van der Waals surface area contributed by atoms with Crippen molar-refractivity contribution in [3.63, 3.8) is 0 Å². The van der Waals surface area contributed by atoms with E-state index >= 15 is 0 Å². The van der Waals surface area contributed by atoms with E-state index in [1.54, 1.807) is 25.1 Å². The van der Waals surface area contributed by atoms with E-state index in [0.717, 1.165) is 22.3 Å². The van der Waals surface area contributed by atoms with E-state index in [9.17, 15) is 13.2 Å². The molecule has 1 aliphatic rings. The molecule has 1 fully saturated rings. The Morgan fingerprint density at radius 2 is 1.65 bits per heavy atom. The first-order chi connectivity index (χ1) is 19.0. The number of rotatable bonds is 8. The van der Waals surface area contributed by atoms with Gasteiger partial charge in [0, 0.05) is 25.1 Å². The van der Waals surface area contributed by atoms with Crippen LogP contribution in [0, 0.1) is 33.6 Å². The van der Waals surface area contributed by atoms with Gasteiger partial charge in [0.2, 0.25) is 15.9 Å². The maximum Gasteiger partial charge on any atom is 0.248 e. The monoisotopic (exact) mass is 587 g/mol. The van der Waals surface area contributed by atoms with E-state index in [4.69, 9.17) is 25.6 Å². The van der Waals surface area contributed by atoms with Gasteiger partial charge in [0.15, 0.2) is 10.7 Å². The Kier molecular flexibility index (Phi) is 8.92. The Balaban J connectivity index is 1.48. The van der Waals surface area contributed by atoms with Crippen LogP contribution in [-0.2, 0) is 14.8 Å². The van der Waals surface area contributed by atoms with Crippen molar-refractivity contribution in [1.29, 1.82) is 0 Å². The number of ether oxygens (including phenoxy) is 2. The maximum atomic E-state index is 13.7. The highest BCUT2D eigenvalue weighted by Gasteiger charge is 2.36. The topological polar surface area (TPSA) is 111 Å². The number of nitrogens with one attached hydrogen (secondary N) is 1. The predicted octanol–water partition coefficient (Wildman–Crippen LogP) is 5.79. The molecule has 0 spiro atoms. The number of methoxy groups -OCH3 is 2. The number of halogens is 1. The number of nitrogens with zero attached hydrogens (tertiary/aromatic N) is 2. The molecule has 2 aromatic carbocycles. The molecule has 1 aliphatic heterocycles. The summed E-state index contributed by atoms with van der Waals surface area (Å²) in [6.07, 6.45) is 4.23. The number of aromatic nitrogens is 1. The standard InChI is InChI=1S/C29H34ClN3O6S/c1-17-13-18(2)22(19(3)14-17)7-8-25-28(20(4)32-39-25)40(35,36)33-11-9-21(10-12-33)29(34)31-24-15-23(30)26(37-5)16-27(24)38-6/h7-8,13-16,21H,9-12H2,1-6H3,(H,31,34). The zero-order valence-corrected chi connectivity index (χ0v) is 25.1. The fraction of sp³-hybridized carbons (Fsp3) is 0.379. The van der Waals surface area contributed by atoms with Gasteiger partial charge in [0.25, 0.3) is 0 Å². The van der Waals surface area contributed by atoms with Crippen LogP contribution in [-0.4, -0.2) is 51.1 Å². The number of piperidine rings is 1. The van der Waals surface area contributed by atoms with Gasteiger partial charge >= 0.3 is 0 Å². The van der Waals surface area contributed by atoms with Crippen LogP contribution in [0.4, 0.5) is 5.69 Å². The summed E-state index contributed by atoms with van der Waals surface area (Å²) in [5, 5.41) is 7.14. The van der Waals surface area contributed by atoms with Gasteiger partial charge in [0.05, 0.1) is 24.9 Å². The third-order valence-corrected chi connectivity index (χ3v) is 9.48. The molecule has 3 aromatic rings. The van der Waals surface area contributed by atoms with Gasteiger partial charge in [-0.25, -0.2) is 8.42 Å². The summed E-state index contributed by atoms with van der Waals surface area (Å²) in [7, 11) is -0.920. The second kappa shape index (κ2) is 12.0. The van der Waals surface area contributed by atoms with Crippen molar-refractivity contribution in [3.8, 4) is 11.5 Å². The average Bonchev–Trinajstić information content (AvgIpc) is 3.29. The van der Waals surface area contributed by atoms with E-state index in [0.29, 0.717) is 40.7 Å². The highest BCUT2D eigenvalue weighted by molar-refractivity contribution is 7.89. The van der Waals surface area contributed by atoms with E-state index in [2.05, 4.69) is 22.6 Å². The van der Waals surface area contributed by atoms with Gasteiger partial charge in [0.1, 0.15) is 17.2 Å². The molecule has 1 saturated heterocycles. The number of anilines is 1. The number of aryl methyl sites for hydroxylation is 4. The zero-order valence-electron chi connectivity index (χ0n) is 23.5. The third-order valence-electron chi connectivity index (χ3n) is 7.13. The van der Waals surface area contributed by atoms with Crippen molar-refractivity contribution in [3.05, 3.63) is 63.0 Å². The Hall–Kier alpha value is -3.34. The summed E-state index contributed by atoms with van der Waals surface area (Å²) >= 11 is 6.23. The predicted molar refractivity (Wildman–Crippen MR) is 155 cm³/mol. The van der Waals surface area contributed by atoms with Crippen LogP contribution in [0.1, 0.15) is 46.5 Å². The molecule has 0 unspecified atom stereocenters. The fourth-order valence-corrected chi connectivity index (χ4v) is 7.05. The lowest BCUT2D eigenvalue weighted by atomic mass is 9.97. The lowest BCUT2D eigenvalue weighted by Gasteiger charge is -2.30. The fourth-order valence-electron chi connectivity index (χ4n) is 5.09. The van der Waals surface area contributed by atoms with Gasteiger partial charge < -0.3 is 19.3 Å². The Morgan fingerprint density at radius 1 is 1.02 bits per heavy atom. The van der Waals surface area contributed by atoms with Crippen molar-refractivity contribution in [2.24, 2.45) is 5.92 Å². The van der Waals surface area contributed by atoms with Crippen LogP contribution in [0.25, 0.3) is 12.2 Å². The van der Waals surface area contributed by atoms with Crippen LogP contribution in [0.2, 0.25) is 5.02 Å². The SMILES string of the molecule is COc1cc(OC)c(NC(=O)C2CCN(S(=O)(=O)c3c(C)noc3C=Cc3c(C)cc(C)cc3C)CC2)cc1Cl. The normalized spacial score (nSPS) is 15.0. The smallest absolute Gasteiger partial charge is 0.248 e. The molecule has 9 nitrogen and oxygen atoms in total. The minimum Gasteiger partial charge on any atom is -0.495 e. The zero-order chi connectivity index (χ0) is 29.2. The van der Waals surface area contributed by atoms with Gasteiger partial charge in [-0.2, -0.15) is 4.31 Å². The molecular formula is C29H34ClN3O6S. The van der Waals surface area contributed by atoms with Crippen molar-refractivity contribution in [2.75, 3.05) is 32.6 Å². The average molecular weight is 588 g/mol.